The molecule has 1 saturated heterocycles. The molecule has 0 spiro atoms. The van der Waals surface area contributed by atoms with Crippen LogP contribution in [0.3, 0.4) is 0 Å². The fourth-order valence-corrected chi connectivity index (χ4v) is 4.73. The second-order valence-electron chi connectivity index (χ2n) is 9.54. The fraction of sp³-hybridized carbons (Fsp3) is 0.357. The van der Waals surface area contributed by atoms with Gasteiger partial charge in [0, 0.05) is 38.7 Å². The molecule has 0 aliphatic carbocycles. The highest BCUT2D eigenvalue weighted by atomic mass is 16.5. The predicted octanol–water partition coefficient (Wildman–Crippen LogP) is 1.84. The quantitative estimate of drug-likeness (QED) is 0.458. The minimum absolute atomic E-state index is 0.0556. The minimum Gasteiger partial charge on any atom is -0.493 e. The number of ether oxygens (including phenoxy) is 3. The van der Waals surface area contributed by atoms with Crippen LogP contribution in [0.2, 0.25) is 0 Å². The number of piperidine rings is 1. The third-order valence-electron chi connectivity index (χ3n) is 6.84. The number of nitrogens with zero attached hydrogens (tertiary/aromatic N) is 2. The minimum atomic E-state index is -0.476. The third-order valence-corrected chi connectivity index (χ3v) is 6.84. The van der Waals surface area contributed by atoms with Crippen molar-refractivity contribution in [3.8, 4) is 17.2 Å². The Morgan fingerprint density at radius 3 is 2.64 bits per heavy atom. The van der Waals surface area contributed by atoms with E-state index in [1.807, 2.05) is 36.4 Å². The first-order valence-electron chi connectivity index (χ1n) is 12.9. The van der Waals surface area contributed by atoms with Crippen molar-refractivity contribution in [3.63, 3.8) is 0 Å². The fourth-order valence-electron chi connectivity index (χ4n) is 4.73. The molecule has 3 aromatic rings. The predicted molar refractivity (Wildman–Crippen MR) is 141 cm³/mol. The molecule has 0 saturated carbocycles. The van der Waals surface area contributed by atoms with E-state index in [0.717, 1.165) is 11.1 Å². The van der Waals surface area contributed by atoms with Crippen molar-refractivity contribution in [2.45, 2.75) is 38.0 Å². The zero-order valence-corrected chi connectivity index (χ0v) is 21.6. The number of hydrogen-bond acceptors (Lipinski definition) is 7. The average Bonchev–Trinajstić information content (AvgIpc) is 3.50. The van der Waals surface area contributed by atoms with Crippen molar-refractivity contribution in [2.75, 3.05) is 26.8 Å². The number of nitrogens with one attached hydrogen (secondary N) is 3. The van der Waals surface area contributed by atoms with E-state index >= 15 is 0 Å². The van der Waals surface area contributed by atoms with Gasteiger partial charge >= 0.3 is 0 Å². The first kappa shape index (κ1) is 26.1. The Balaban J connectivity index is 1.37. The molecular weight excluding hydrogens is 502 g/mol. The molecular formula is C28H31N5O6. The molecule has 11 heteroatoms. The van der Waals surface area contributed by atoms with Crippen LogP contribution < -0.4 is 24.8 Å². The Bertz CT molecular complexity index is 1310. The highest BCUT2D eigenvalue weighted by molar-refractivity contribution is 5.92. The Kier molecular flexibility index (Phi) is 7.95. The van der Waals surface area contributed by atoms with Crippen molar-refractivity contribution in [1.29, 1.82) is 0 Å². The molecule has 2 aromatic carbocycles. The zero-order chi connectivity index (χ0) is 27.2. The van der Waals surface area contributed by atoms with Crippen LogP contribution in [0, 0.1) is 0 Å². The van der Waals surface area contributed by atoms with Crippen molar-refractivity contribution in [3.05, 3.63) is 71.5 Å². The number of hydrogen-bond donors (Lipinski definition) is 3. The Labute approximate surface area is 225 Å². The Hall–Kier alpha value is -4.54. The van der Waals surface area contributed by atoms with E-state index in [9.17, 15) is 14.4 Å². The summed E-state index contributed by atoms with van der Waals surface area (Å²) in [6.45, 7) is 0.877. The highest BCUT2D eigenvalue weighted by Gasteiger charge is 2.35. The maximum atomic E-state index is 13.0. The topological polar surface area (TPSA) is 135 Å². The summed E-state index contributed by atoms with van der Waals surface area (Å²) in [5.41, 5.74) is 2.24. The summed E-state index contributed by atoms with van der Waals surface area (Å²) in [7, 11) is 1.53. The number of aromatic nitrogens is 2. The molecule has 6 heterocycles. The largest absolute Gasteiger partial charge is 0.493 e. The molecule has 204 valence electrons. The lowest BCUT2D eigenvalue weighted by atomic mass is 10.0. The maximum absolute atomic E-state index is 13.0. The summed E-state index contributed by atoms with van der Waals surface area (Å²) < 4.78 is 17.5. The molecule has 1 fully saturated rings. The van der Waals surface area contributed by atoms with Gasteiger partial charge in [-0.15, -0.1) is 0 Å². The Morgan fingerprint density at radius 1 is 1.05 bits per heavy atom. The van der Waals surface area contributed by atoms with Gasteiger partial charge in [0.2, 0.25) is 5.91 Å². The van der Waals surface area contributed by atoms with Gasteiger partial charge in [0.15, 0.2) is 18.1 Å². The molecule has 11 nitrogen and oxygen atoms in total. The van der Waals surface area contributed by atoms with E-state index in [2.05, 4.69) is 20.8 Å². The van der Waals surface area contributed by atoms with Gasteiger partial charge < -0.3 is 29.7 Å². The van der Waals surface area contributed by atoms with E-state index in [4.69, 9.17) is 14.2 Å². The van der Waals surface area contributed by atoms with Crippen molar-refractivity contribution in [2.24, 2.45) is 0 Å². The van der Waals surface area contributed by atoms with Crippen LogP contribution in [0.4, 0.5) is 0 Å². The van der Waals surface area contributed by atoms with Gasteiger partial charge in [0.25, 0.3) is 11.8 Å². The lowest BCUT2D eigenvalue weighted by Crippen LogP contribution is -2.58. The van der Waals surface area contributed by atoms with Gasteiger partial charge in [-0.3, -0.25) is 19.5 Å². The standard InChI is InChI=1S/C28H31N5O6/c1-37-25-14-18-4-8-24(25)38-17-27(35)31-22-16-33(28(36)21-10-12-30-32-21)13-11-23(22)39-20-6-2-19(3-7-20)15-29-26(34)9-5-18/h2-4,6-8,10,12,14,22-23H,5,9,11,13,15-17H2,1H3,(H,29,34)(H,30,32)(H,31,35)/t22-,23-/m1/s1. The number of benzene rings is 2. The summed E-state index contributed by atoms with van der Waals surface area (Å²) in [4.78, 5) is 40.0. The average molecular weight is 534 g/mol. The lowest BCUT2D eigenvalue weighted by molar-refractivity contribution is -0.125. The molecule has 0 unspecified atom stereocenters. The molecule has 4 bridgehead atoms. The zero-order valence-electron chi connectivity index (χ0n) is 21.6. The van der Waals surface area contributed by atoms with Crippen LogP contribution >= 0.6 is 0 Å². The first-order chi connectivity index (χ1) is 19.0. The number of H-pyrrole nitrogens is 1. The SMILES string of the molecule is COc1cc2ccc1OCC(=O)N[C@@H]1CN(C(=O)c3ccn[nH]3)CC[C@H]1Oc1ccc(cc1)CNC(=O)CC2. The van der Waals surface area contributed by atoms with Crippen LogP contribution in [0.15, 0.2) is 54.7 Å². The normalized spacial score (nSPS) is 20.2. The maximum Gasteiger partial charge on any atom is 0.271 e. The van der Waals surface area contributed by atoms with Crippen LogP contribution in [0.1, 0.15) is 34.5 Å². The highest BCUT2D eigenvalue weighted by Crippen LogP contribution is 2.29. The van der Waals surface area contributed by atoms with Gasteiger partial charge in [-0.1, -0.05) is 18.2 Å². The smallest absolute Gasteiger partial charge is 0.271 e. The monoisotopic (exact) mass is 533 g/mol. The summed E-state index contributed by atoms with van der Waals surface area (Å²) >= 11 is 0. The molecule has 3 amide bonds. The number of methoxy groups -OCH3 is 1. The summed E-state index contributed by atoms with van der Waals surface area (Å²) in [6, 6.07) is 14.0. The molecule has 8 rings (SSSR count). The van der Waals surface area contributed by atoms with E-state index in [0.29, 0.717) is 55.3 Å². The van der Waals surface area contributed by atoms with Crippen molar-refractivity contribution < 1.29 is 28.6 Å². The van der Waals surface area contributed by atoms with Crippen LogP contribution in [0.25, 0.3) is 0 Å². The van der Waals surface area contributed by atoms with Gasteiger partial charge in [0.05, 0.1) is 13.2 Å². The molecule has 2 atom stereocenters. The van der Waals surface area contributed by atoms with Gasteiger partial charge in [-0.05, 0) is 47.9 Å². The Morgan fingerprint density at radius 2 is 1.87 bits per heavy atom. The summed E-state index contributed by atoms with van der Waals surface area (Å²) in [5.74, 6) is 0.931. The molecule has 39 heavy (non-hydrogen) atoms. The number of aryl methyl sites for hydroxylation is 1. The van der Waals surface area contributed by atoms with Crippen LogP contribution in [-0.4, -0.2) is 71.8 Å². The number of aromatic amines is 1. The van der Waals surface area contributed by atoms with E-state index in [-0.39, 0.29) is 37.0 Å². The van der Waals surface area contributed by atoms with E-state index < -0.39 is 6.04 Å². The molecule has 0 radical (unpaired) electrons. The summed E-state index contributed by atoms with van der Waals surface area (Å²) in [5, 5.41) is 12.5. The molecule has 1 aromatic heterocycles. The summed E-state index contributed by atoms with van der Waals surface area (Å²) in [6.07, 6.45) is 2.53. The number of carbonyl (C=O) groups excluding carboxylic acids is 3. The number of amides is 3. The molecule has 5 aliphatic rings. The molecule has 3 N–H and O–H groups in total. The number of carbonyl (C=O) groups is 3. The van der Waals surface area contributed by atoms with Gasteiger partial charge in [-0.2, -0.15) is 5.10 Å². The first-order valence-corrected chi connectivity index (χ1v) is 12.9. The van der Waals surface area contributed by atoms with Crippen LogP contribution in [0.5, 0.6) is 17.2 Å². The van der Waals surface area contributed by atoms with Crippen LogP contribution in [-0.2, 0) is 22.6 Å². The molecule has 5 aliphatic heterocycles. The third kappa shape index (κ3) is 6.49. The van der Waals surface area contributed by atoms with Crippen molar-refractivity contribution in [1.82, 2.24) is 25.7 Å². The second kappa shape index (κ2) is 11.9. The van der Waals surface area contributed by atoms with E-state index in [1.54, 1.807) is 17.0 Å². The van der Waals surface area contributed by atoms with Crippen molar-refractivity contribution >= 4 is 17.7 Å². The second-order valence-corrected chi connectivity index (χ2v) is 9.54. The number of likely N-dealkylation sites (tertiary alicyclic amines) is 1. The van der Waals surface area contributed by atoms with Gasteiger partial charge in [-0.25, -0.2) is 0 Å². The lowest BCUT2D eigenvalue weighted by Gasteiger charge is -2.38. The number of rotatable bonds is 2. The van der Waals surface area contributed by atoms with Gasteiger partial charge in [0.1, 0.15) is 17.5 Å². The van der Waals surface area contributed by atoms with E-state index in [1.165, 1.54) is 13.3 Å².